The van der Waals surface area contributed by atoms with E-state index in [0.29, 0.717) is 5.75 Å². The van der Waals surface area contributed by atoms with Crippen molar-refractivity contribution in [3.05, 3.63) is 58.0 Å². The molecule has 1 aromatic carbocycles. The van der Waals surface area contributed by atoms with E-state index in [4.69, 9.17) is 9.15 Å². The largest absolute Gasteiger partial charge is 0.484 e. The van der Waals surface area contributed by atoms with Gasteiger partial charge in [0.25, 0.3) is 11.6 Å². The predicted molar refractivity (Wildman–Crippen MR) is 81.1 cm³/mol. The van der Waals surface area contributed by atoms with Crippen molar-refractivity contribution in [1.29, 1.82) is 0 Å². The highest BCUT2D eigenvalue weighted by molar-refractivity contribution is 5.78. The quantitative estimate of drug-likeness (QED) is 0.676. The highest BCUT2D eigenvalue weighted by atomic mass is 16.6. The molecule has 0 bridgehead atoms. The van der Waals surface area contributed by atoms with Crippen LogP contribution in [0, 0.1) is 10.1 Å². The number of non-ortho nitro benzene ring substituents is 1. The number of benzene rings is 1. The number of amides is 1. The number of aryl methyl sites for hydroxylation is 1. The molecule has 0 radical (unpaired) electrons. The van der Waals surface area contributed by atoms with Gasteiger partial charge in [0.1, 0.15) is 11.5 Å². The van der Waals surface area contributed by atoms with Crippen LogP contribution in [0.2, 0.25) is 0 Å². The number of rotatable bonds is 5. The lowest BCUT2D eigenvalue weighted by molar-refractivity contribution is -0.384. The maximum Gasteiger partial charge on any atom is 0.273 e. The molecule has 1 aliphatic carbocycles. The van der Waals surface area contributed by atoms with Crippen molar-refractivity contribution < 1.29 is 18.9 Å². The van der Waals surface area contributed by atoms with Crippen molar-refractivity contribution in [1.82, 2.24) is 5.32 Å². The lowest BCUT2D eigenvalue weighted by Crippen LogP contribution is -2.34. The standard InChI is InChI=1S/C16H16N2O5/c19-16(10-23-12-4-1-3-11(9-12)18(20)21)17-14-5-2-6-15-13(14)7-8-22-15/h1,3-4,7-9,14H,2,5-6,10H2,(H,17,19). The second-order valence-electron chi connectivity index (χ2n) is 5.35. The van der Waals surface area contributed by atoms with E-state index in [-0.39, 0.29) is 24.2 Å². The highest BCUT2D eigenvalue weighted by Gasteiger charge is 2.24. The third-order valence-corrected chi connectivity index (χ3v) is 3.79. The molecule has 0 spiro atoms. The molecule has 0 fully saturated rings. The number of carbonyl (C=O) groups is 1. The Balaban J connectivity index is 1.57. The van der Waals surface area contributed by atoms with Crippen molar-refractivity contribution in [2.45, 2.75) is 25.3 Å². The van der Waals surface area contributed by atoms with Gasteiger partial charge in [-0.15, -0.1) is 0 Å². The lowest BCUT2D eigenvalue weighted by Gasteiger charge is -2.22. The number of hydrogen-bond donors (Lipinski definition) is 1. The minimum atomic E-state index is -0.505. The zero-order valence-corrected chi connectivity index (χ0v) is 12.4. The van der Waals surface area contributed by atoms with Gasteiger partial charge in [-0.2, -0.15) is 0 Å². The summed E-state index contributed by atoms with van der Waals surface area (Å²) in [6, 6.07) is 7.57. The second kappa shape index (κ2) is 6.51. The summed E-state index contributed by atoms with van der Waals surface area (Å²) in [5.74, 6) is 0.943. The van der Waals surface area contributed by atoms with Gasteiger partial charge in [-0.1, -0.05) is 6.07 Å². The van der Waals surface area contributed by atoms with Crippen LogP contribution in [-0.4, -0.2) is 17.4 Å². The van der Waals surface area contributed by atoms with Gasteiger partial charge in [-0.05, 0) is 25.0 Å². The molecule has 3 rings (SSSR count). The van der Waals surface area contributed by atoms with Crippen LogP contribution < -0.4 is 10.1 Å². The first-order valence-electron chi connectivity index (χ1n) is 7.36. The minimum Gasteiger partial charge on any atom is -0.484 e. The summed E-state index contributed by atoms with van der Waals surface area (Å²) in [5, 5.41) is 13.6. The number of nitrogens with one attached hydrogen (secondary N) is 1. The van der Waals surface area contributed by atoms with Crippen molar-refractivity contribution in [2.75, 3.05) is 6.61 Å². The van der Waals surface area contributed by atoms with Gasteiger partial charge in [0, 0.05) is 18.1 Å². The van der Waals surface area contributed by atoms with Gasteiger partial charge in [0.2, 0.25) is 0 Å². The molecule has 23 heavy (non-hydrogen) atoms. The molecular weight excluding hydrogens is 300 g/mol. The van der Waals surface area contributed by atoms with Crippen LogP contribution in [0.5, 0.6) is 5.75 Å². The number of nitrogens with zero attached hydrogens (tertiary/aromatic N) is 1. The summed E-state index contributed by atoms with van der Waals surface area (Å²) < 4.78 is 10.7. The topological polar surface area (TPSA) is 94.6 Å². The fourth-order valence-corrected chi connectivity index (χ4v) is 2.71. The van der Waals surface area contributed by atoms with Crippen molar-refractivity contribution in [2.24, 2.45) is 0 Å². The monoisotopic (exact) mass is 316 g/mol. The molecule has 1 aliphatic rings. The zero-order chi connectivity index (χ0) is 16.2. The number of nitro groups is 1. The van der Waals surface area contributed by atoms with Crippen LogP contribution >= 0.6 is 0 Å². The number of furan rings is 1. The van der Waals surface area contributed by atoms with Crippen LogP contribution in [0.15, 0.2) is 41.0 Å². The van der Waals surface area contributed by atoms with E-state index in [1.54, 1.807) is 12.3 Å². The van der Waals surface area contributed by atoms with E-state index >= 15 is 0 Å². The molecule has 2 aromatic rings. The van der Waals surface area contributed by atoms with Crippen molar-refractivity contribution in [3.8, 4) is 5.75 Å². The van der Waals surface area contributed by atoms with Crippen molar-refractivity contribution >= 4 is 11.6 Å². The van der Waals surface area contributed by atoms with Gasteiger partial charge in [-0.25, -0.2) is 0 Å². The van der Waals surface area contributed by atoms with E-state index < -0.39 is 4.92 Å². The van der Waals surface area contributed by atoms with E-state index in [9.17, 15) is 14.9 Å². The molecule has 7 nitrogen and oxygen atoms in total. The highest BCUT2D eigenvalue weighted by Crippen LogP contribution is 2.30. The van der Waals surface area contributed by atoms with E-state index in [0.717, 1.165) is 30.6 Å². The van der Waals surface area contributed by atoms with E-state index in [1.165, 1.54) is 18.2 Å². The molecule has 1 atom stereocenters. The Morgan fingerprint density at radius 2 is 2.30 bits per heavy atom. The molecule has 1 heterocycles. The number of nitro benzene ring substituents is 1. The fraction of sp³-hybridized carbons (Fsp3) is 0.312. The molecular formula is C16H16N2O5. The average molecular weight is 316 g/mol. The number of hydrogen-bond acceptors (Lipinski definition) is 5. The molecule has 0 saturated heterocycles. The fourth-order valence-electron chi connectivity index (χ4n) is 2.71. The van der Waals surface area contributed by atoms with Gasteiger partial charge in [0.05, 0.1) is 23.3 Å². The first-order valence-corrected chi connectivity index (χ1v) is 7.36. The summed E-state index contributed by atoms with van der Waals surface area (Å²) in [6.45, 7) is -0.190. The Morgan fingerprint density at radius 1 is 1.43 bits per heavy atom. The first-order chi connectivity index (χ1) is 11.1. The Morgan fingerprint density at radius 3 is 3.13 bits per heavy atom. The molecule has 0 saturated carbocycles. The van der Waals surface area contributed by atoms with Gasteiger partial charge in [-0.3, -0.25) is 14.9 Å². The Hall–Kier alpha value is -2.83. The third-order valence-electron chi connectivity index (χ3n) is 3.79. The summed E-state index contributed by atoms with van der Waals surface area (Å²) in [4.78, 5) is 22.2. The van der Waals surface area contributed by atoms with Crippen LogP contribution in [0.3, 0.4) is 0 Å². The molecule has 1 amide bonds. The third kappa shape index (κ3) is 3.50. The van der Waals surface area contributed by atoms with Crippen molar-refractivity contribution in [3.63, 3.8) is 0 Å². The Bertz CT molecular complexity index is 725. The second-order valence-corrected chi connectivity index (χ2v) is 5.35. The van der Waals surface area contributed by atoms with Crippen LogP contribution in [0.25, 0.3) is 0 Å². The molecule has 0 aliphatic heterocycles. The normalized spacial score (nSPS) is 16.4. The smallest absolute Gasteiger partial charge is 0.273 e. The van der Waals surface area contributed by atoms with Gasteiger partial charge < -0.3 is 14.5 Å². The minimum absolute atomic E-state index is 0.0706. The Kier molecular flexibility index (Phi) is 4.27. The summed E-state index contributed by atoms with van der Waals surface area (Å²) in [7, 11) is 0. The van der Waals surface area contributed by atoms with E-state index in [1.807, 2.05) is 6.07 Å². The predicted octanol–water partition coefficient (Wildman–Crippen LogP) is 2.76. The first kappa shape index (κ1) is 15.1. The summed E-state index contributed by atoms with van der Waals surface area (Å²) in [5.41, 5.74) is 0.943. The number of ether oxygens (including phenoxy) is 1. The molecule has 120 valence electrons. The molecule has 1 unspecified atom stereocenters. The summed E-state index contributed by atoms with van der Waals surface area (Å²) >= 11 is 0. The molecule has 1 aromatic heterocycles. The van der Waals surface area contributed by atoms with Crippen LogP contribution in [0.1, 0.15) is 30.2 Å². The van der Waals surface area contributed by atoms with Gasteiger partial charge in [0.15, 0.2) is 6.61 Å². The molecule has 7 heteroatoms. The zero-order valence-electron chi connectivity index (χ0n) is 12.4. The maximum absolute atomic E-state index is 12.0. The SMILES string of the molecule is O=C(COc1cccc([N+](=O)[O-])c1)NC1CCCc2occc21. The van der Waals surface area contributed by atoms with Crippen LogP contribution in [-0.2, 0) is 11.2 Å². The number of fused-ring (bicyclic) bond motifs is 1. The number of carbonyl (C=O) groups excluding carboxylic acids is 1. The maximum atomic E-state index is 12.0. The summed E-state index contributed by atoms with van der Waals surface area (Å²) in [6.07, 6.45) is 4.33. The van der Waals surface area contributed by atoms with Crippen LogP contribution in [0.4, 0.5) is 5.69 Å². The Labute approximate surface area is 132 Å². The van der Waals surface area contributed by atoms with E-state index in [2.05, 4.69) is 5.32 Å². The van der Waals surface area contributed by atoms with Gasteiger partial charge >= 0.3 is 0 Å². The average Bonchev–Trinajstić information content (AvgIpc) is 3.03. The molecule has 1 N–H and O–H groups in total. The lowest BCUT2D eigenvalue weighted by atomic mass is 9.93.